The second-order valence-corrected chi connectivity index (χ2v) is 9.51. The number of hydrogen-bond donors (Lipinski definition) is 1. The molecule has 2 heterocycles. The lowest BCUT2D eigenvalue weighted by atomic mass is 9.94. The number of phenolic OH excluding ortho intramolecular Hbond substituents is 1. The van der Waals surface area contributed by atoms with E-state index in [1.54, 1.807) is 42.6 Å². The van der Waals surface area contributed by atoms with Gasteiger partial charge in [0.2, 0.25) is 0 Å². The van der Waals surface area contributed by atoms with Gasteiger partial charge < -0.3 is 10.0 Å². The standard InChI is InChI=1S/C26H21Cl3FN3O/c27-16-3-8-20(22(28)14-16)25(21-15-23(29)19-2-1-9-31-24(19)26(21)34)33-12-10-32(11-13-33)18-6-4-17(30)5-7-18/h1-9,14-15,25,34H,10-13H2/t25-/m1/s1. The molecule has 8 heteroatoms. The first-order chi connectivity index (χ1) is 16.4. The molecular formula is C26H21Cl3FN3O. The predicted octanol–water partition coefficient (Wildman–Crippen LogP) is 6.95. The molecule has 1 fully saturated rings. The maximum Gasteiger partial charge on any atom is 0.147 e. The summed E-state index contributed by atoms with van der Waals surface area (Å²) >= 11 is 19.5. The quantitative estimate of drug-likeness (QED) is 0.318. The molecule has 1 aliphatic heterocycles. The Morgan fingerprint density at radius 1 is 0.853 bits per heavy atom. The van der Waals surface area contributed by atoms with Gasteiger partial charge in [0, 0.05) is 59.1 Å². The van der Waals surface area contributed by atoms with Gasteiger partial charge in [-0.1, -0.05) is 40.9 Å². The normalized spacial score (nSPS) is 15.6. The highest BCUT2D eigenvalue weighted by Gasteiger charge is 2.31. The lowest BCUT2D eigenvalue weighted by Crippen LogP contribution is -2.48. The van der Waals surface area contributed by atoms with Crippen LogP contribution in [0.3, 0.4) is 0 Å². The second-order valence-electron chi connectivity index (χ2n) is 8.26. The van der Waals surface area contributed by atoms with E-state index >= 15 is 0 Å². The van der Waals surface area contributed by atoms with Crippen molar-refractivity contribution < 1.29 is 9.50 Å². The van der Waals surface area contributed by atoms with Crippen molar-refractivity contribution in [3.8, 4) is 5.75 Å². The molecule has 1 aromatic heterocycles. The molecule has 5 rings (SSSR count). The summed E-state index contributed by atoms with van der Waals surface area (Å²) in [5.74, 6) is -0.172. The van der Waals surface area contributed by atoms with E-state index in [1.165, 1.54) is 12.1 Å². The minimum absolute atomic E-state index is 0.0805. The number of halogens is 4. The van der Waals surface area contributed by atoms with Gasteiger partial charge in [0.15, 0.2) is 0 Å². The number of rotatable bonds is 4. The van der Waals surface area contributed by atoms with Gasteiger partial charge in [-0.25, -0.2) is 4.39 Å². The zero-order valence-corrected chi connectivity index (χ0v) is 20.3. The number of phenols is 1. The van der Waals surface area contributed by atoms with Crippen LogP contribution in [0.4, 0.5) is 10.1 Å². The fourth-order valence-corrected chi connectivity index (χ4v) is 5.37. The van der Waals surface area contributed by atoms with Crippen LogP contribution in [-0.2, 0) is 0 Å². The average molecular weight is 517 g/mol. The largest absolute Gasteiger partial charge is 0.505 e. The van der Waals surface area contributed by atoms with E-state index in [9.17, 15) is 9.50 Å². The van der Waals surface area contributed by atoms with Gasteiger partial charge in [-0.3, -0.25) is 9.88 Å². The predicted molar refractivity (Wildman–Crippen MR) is 137 cm³/mol. The van der Waals surface area contributed by atoms with E-state index in [0.29, 0.717) is 44.6 Å². The lowest BCUT2D eigenvalue weighted by molar-refractivity contribution is 0.209. The van der Waals surface area contributed by atoms with Crippen LogP contribution in [0.1, 0.15) is 17.2 Å². The number of fused-ring (bicyclic) bond motifs is 1. The molecule has 34 heavy (non-hydrogen) atoms. The lowest BCUT2D eigenvalue weighted by Gasteiger charge is -2.41. The first-order valence-electron chi connectivity index (χ1n) is 10.9. The van der Waals surface area contributed by atoms with Crippen LogP contribution >= 0.6 is 34.8 Å². The molecule has 0 radical (unpaired) electrons. The van der Waals surface area contributed by atoms with Gasteiger partial charge in [-0.15, -0.1) is 0 Å². The number of nitrogens with zero attached hydrogens (tertiary/aromatic N) is 3. The summed E-state index contributed by atoms with van der Waals surface area (Å²) < 4.78 is 13.4. The molecule has 1 atom stereocenters. The minimum Gasteiger partial charge on any atom is -0.505 e. The molecule has 1 saturated heterocycles. The van der Waals surface area contributed by atoms with Crippen LogP contribution in [0.25, 0.3) is 10.9 Å². The van der Waals surface area contributed by atoms with Crippen molar-refractivity contribution >= 4 is 51.4 Å². The van der Waals surface area contributed by atoms with Crippen molar-refractivity contribution in [3.63, 3.8) is 0 Å². The van der Waals surface area contributed by atoms with Crippen molar-refractivity contribution in [1.82, 2.24) is 9.88 Å². The van der Waals surface area contributed by atoms with Crippen LogP contribution < -0.4 is 4.90 Å². The molecule has 0 spiro atoms. The fraction of sp³-hybridized carbons (Fsp3) is 0.192. The molecule has 0 saturated carbocycles. The zero-order chi connectivity index (χ0) is 23.8. The van der Waals surface area contributed by atoms with E-state index in [1.807, 2.05) is 12.1 Å². The van der Waals surface area contributed by atoms with Crippen LogP contribution in [0.15, 0.2) is 66.9 Å². The van der Waals surface area contributed by atoms with E-state index < -0.39 is 0 Å². The average Bonchev–Trinajstić information content (AvgIpc) is 2.84. The van der Waals surface area contributed by atoms with Gasteiger partial charge in [0.25, 0.3) is 0 Å². The molecule has 0 unspecified atom stereocenters. The highest BCUT2D eigenvalue weighted by molar-refractivity contribution is 6.36. The van der Waals surface area contributed by atoms with Crippen LogP contribution in [0, 0.1) is 5.82 Å². The third-order valence-electron chi connectivity index (χ3n) is 6.27. The highest BCUT2D eigenvalue weighted by Crippen LogP contribution is 2.43. The number of hydrogen-bond acceptors (Lipinski definition) is 4. The maximum atomic E-state index is 13.4. The summed E-state index contributed by atoms with van der Waals surface area (Å²) in [5.41, 5.74) is 2.88. The number of pyridine rings is 1. The highest BCUT2D eigenvalue weighted by atomic mass is 35.5. The van der Waals surface area contributed by atoms with Gasteiger partial charge in [-0.2, -0.15) is 0 Å². The van der Waals surface area contributed by atoms with Gasteiger partial charge in [0.05, 0.1) is 11.1 Å². The van der Waals surface area contributed by atoms with Gasteiger partial charge >= 0.3 is 0 Å². The molecule has 0 bridgehead atoms. The van der Waals surface area contributed by atoms with Crippen molar-refractivity contribution in [2.75, 3.05) is 31.1 Å². The number of piperazine rings is 1. The summed E-state index contributed by atoms with van der Waals surface area (Å²) in [4.78, 5) is 8.85. The third kappa shape index (κ3) is 4.41. The molecule has 0 amide bonds. The SMILES string of the molecule is Oc1c([C@@H](c2ccc(Cl)cc2Cl)N2CCN(c3ccc(F)cc3)CC2)cc(Cl)c2cccnc12. The Bertz CT molecular complexity index is 1340. The van der Waals surface area contributed by atoms with Crippen molar-refractivity contribution in [2.45, 2.75) is 6.04 Å². The van der Waals surface area contributed by atoms with Crippen LogP contribution in [0.5, 0.6) is 5.75 Å². The van der Waals surface area contributed by atoms with Crippen molar-refractivity contribution in [1.29, 1.82) is 0 Å². The first-order valence-corrected chi connectivity index (χ1v) is 12.0. The number of benzene rings is 3. The van der Waals surface area contributed by atoms with Crippen LogP contribution in [0.2, 0.25) is 15.1 Å². The maximum absolute atomic E-state index is 13.4. The van der Waals surface area contributed by atoms with E-state index in [2.05, 4.69) is 14.8 Å². The number of aromatic nitrogens is 1. The Hall–Kier alpha value is -2.57. The fourth-order valence-electron chi connectivity index (χ4n) is 4.59. The summed E-state index contributed by atoms with van der Waals surface area (Å²) in [6.07, 6.45) is 1.63. The Kier molecular flexibility index (Phi) is 6.54. The third-order valence-corrected chi connectivity index (χ3v) is 7.14. The molecule has 174 valence electrons. The monoisotopic (exact) mass is 515 g/mol. The zero-order valence-electron chi connectivity index (χ0n) is 18.1. The van der Waals surface area contributed by atoms with Crippen LogP contribution in [-0.4, -0.2) is 41.2 Å². The summed E-state index contributed by atoms with van der Waals surface area (Å²) in [5, 5.41) is 13.5. The Morgan fingerprint density at radius 3 is 2.29 bits per heavy atom. The number of anilines is 1. The smallest absolute Gasteiger partial charge is 0.147 e. The summed E-state index contributed by atoms with van der Waals surface area (Å²) in [6.45, 7) is 2.85. The molecule has 4 aromatic rings. The minimum atomic E-state index is -0.357. The number of aromatic hydroxyl groups is 1. The summed E-state index contributed by atoms with van der Waals surface area (Å²) in [6, 6.07) is 17.0. The Labute approximate surface area is 212 Å². The van der Waals surface area contributed by atoms with E-state index in [0.717, 1.165) is 24.3 Å². The van der Waals surface area contributed by atoms with E-state index in [-0.39, 0.29) is 17.6 Å². The second kappa shape index (κ2) is 9.59. The van der Waals surface area contributed by atoms with Gasteiger partial charge in [0.1, 0.15) is 17.1 Å². The molecule has 0 aliphatic carbocycles. The topological polar surface area (TPSA) is 39.6 Å². The van der Waals surface area contributed by atoms with Crippen molar-refractivity contribution in [2.24, 2.45) is 0 Å². The molecular weight excluding hydrogens is 496 g/mol. The van der Waals surface area contributed by atoms with E-state index in [4.69, 9.17) is 34.8 Å². The first kappa shape index (κ1) is 23.2. The van der Waals surface area contributed by atoms with Crippen molar-refractivity contribution in [3.05, 3.63) is 98.9 Å². The molecule has 3 aromatic carbocycles. The molecule has 1 aliphatic rings. The Balaban J connectivity index is 1.55. The van der Waals surface area contributed by atoms with Gasteiger partial charge in [-0.05, 0) is 60.2 Å². The Morgan fingerprint density at radius 2 is 1.59 bits per heavy atom. The molecule has 1 N–H and O–H groups in total. The molecule has 4 nitrogen and oxygen atoms in total. The summed E-state index contributed by atoms with van der Waals surface area (Å²) in [7, 11) is 0.